The molecule has 2 N–H and O–H groups in total. The molecule has 0 saturated carbocycles. The van der Waals surface area contributed by atoms with Crippen LogP contribution in [-0.4, -0.2) is 32.1 Å². The van der Waals surface area contributed by atoms with Crippen LogP contribution in [0.4, 0.5) is 0 Å². The molecule has 0 bridgehead atoms. The van der Waals surface area contributed by atoms with Crippen LogP contribution in [0, 0.1) is 0 Å². The van der Waals surface area contributed by atoms with Gasteiger partial charge in [-0.1, -0.05) is 18.2 Å². The fraction of sp³-hybridized carbons (Fsp3) is 0.500. The number of hydrogen-bond acceptors (Lipinski definition) is 4. The number of phenols is 1. The van der Waals surface area contributed by atoms with Crippen LogP contribution in [0.3, 0.4) is 0 Å². The van der Waals surface area contributed by atoms with E-state index in [9.17, 15) is 13.5 Å². The number of para-hydroxylation sites is 1. The summed E-state index contributed by atoms with van der Waals surface area (Å²) in [6, 6.07) is 7.14. The second-order valence-electron chi connectivity index (χ2n) is 4.22. The van der Waals surface area contributed by atoms with Crippen molar-refractivity contribution in [1.82, 2.24) is 5.32 Å². The zero-order chi connectivity index (χ0) is 12.9. The van der Waals surface area contributed by atoms with E-state index < -0.39 is 9.84 Å². The molecule has 5 heteroatoms. The van der Waals surface area contributed by atoms with Crippen LogP contribution < -0.4 is 5.32 Å². The summed E-state index contributed by atoms with van der Waals surface area (Å²) in [5.74, 6) is 0.448. The first-order chi connectivity index (χ1) is 7.90. The van der Waals surface area contributed by atoms with Gasteiger partial charge in [-0.15, -0.1) is 0 Å². The summed E-state index contributed by atoms with van der Waals surface area (Å²) in [6.45, 7) is 2.55. The van der Waals surface area contributed by atoms with E-state index in [1.165, 1.54) is 6.26 Å². The van der Waals surface area contributed by atoms with E-state index in [2.05, 4.69) is 5.32 Å². The number of benzene rings is 1. The Hall–Kier alpha value is -1.07. The highest BCUT2D eigenvalue weighted by Gasteiger charge is 2.09. The highest BCUT2D eigenvalue weighted by Crippen LogP contribution is 2.22. The lowest BCUT2D eigenvalue weighted by molar-refractivity contribution is 0.452. The van der Waals surface area contributed by atoms with Crippen LogP contribution in [-0.2, 0) is 9.84 Å². The van der Waals surface area contributed by atoms with Crippen molar-refractivity contribution in [2.45, 2.75) is 19.4 Å². The highest BCUT2D eigenvalue weighted by molar-refractivity contribution is 7.90. The molecule has 1 rings (SSSR count). The molecule has 0 heterocycles. The van der Waals surface area contributed by atoms with Gasteiger partial charge in [-0.25, -0.2) is 8.42 Å². The maximum absolute atomic E-state index is 10.9. The normalized spacial score (nSPS) is 13.5. The highest BCUT2D eigenvalue weighted by atomic mass is 32.2. The summed E-state index contributed by atoms with van der Waals surface area (Å²) in [5.41, 5.74) is 0.826. The Labute approximate surface area is 103 Å². The van der Waals surface area contributed by atoms with Crippen LogP contribution >= 0.6 is 0 Å². The minimum atomic E-state index is -2.88. The zero-order valence-corrected chi connectivity index (χ0v) is 11.0. The predicted octanol–water partition coefficient (Wildman–Crippen LogP) is 1.48. The predicted molar refractivity (Wildman–Crippen MR) is 68.9 cm³/mol. The minimum absolute atomic E-state index is 0.00996. The summed E-state index contributed by atoms with van der Waals surface area (Å²) in [5, 5.41) is 12.8. The van der Waals surface area contributed by atoms with E-state index in [1.54, 1.807) is 12.1 Å². The van der Waals surface area contributed by atoms with Crippen LogP contribution in [0.25, 0.3) is 0 Å². The van der Waals surface area contributed by atoms with Gasteiger partial charge in [0.05, 0.1) is 5.75 Å². The maximum Gasteiger partial charge on any atom is 0.147 e. The minimum Gasteiger partial charge on any atom is -0.508 e. The third-order valence-electron chi connectivity index (χ3n) is 2.55. The van der Waals surface area contributed by atoms with Gasteiger partial charge in [0.25, 0.3) is 0 Å². The van der Waals surface area contributed by atoms with Crippen molar-refractivity contribution in [3.05, 3.63) is 29.8 Å². The standard InChI is InChI=1S/C12H19NO3S/c1-10(11-6-3-4-7-12(11)14)13-8-5-9-17(2,15)16/h3-4,6-7,10,13-14H,5,8-9H2,1-2H3. The maximum atomic E-state index is 10.9. The smallest absolute Gasteiger partial charge is 0.147 e. The van der Waals surface area contributed by atoms with Gasteiger partial charge in [0.15, 0.2) is 0 Å². The molecule has 0 fully saturated rings. The fourth-order valence-corrected chi connectivity index (χ4v) is 2.29. The molecule has 1 aromatic carbocycles. The van der Waals surface area contributed by atoms with Gasteiger partial charge >= 0.3 is 0 Å². The quantitative estimate of drug-likeness (QED) is 0.758. The molecule has 1 aromatic rings. The van der Waals surface area contributed by atoms with Crippen molar-refractivity contribution >= 4 is 9.84 Å². The summed E-state index contributed by atoms with van der Waals surface area (Å²) in [4.78, 5) is 0. The molecule has 0 aliphatic heterocycles. The summed E-state index contributed by atoms with van der Waals surface area (Å²) in [6.07, 6.45) is 1.82. The third kappa shape index (κ3) is 5.19. The van der Waals surface area contributed by atoms with Gasteiger partial charge in [0.1, 0.15) is 15.6 Å². The average Bonchev–Trinajstić information content (AvgIpc) is 2.23. The van der Waals surface area contributed by atoms with Gasteiger partial charge in [0, 0.05) is 17.9 Å². The summed E-state index contributed by atoms with van der Waals surface area (Å²) >= 11 is 0. The topological polar surface area (TPSA) is 66.4 Å². The Bertz CT molecular complexity index is 457. The van der Waals surface area contributed by atoms with Crippen LogP contribution in [0.2, 0.25) is 0 Å². The van der Waals surface area contributed by atoms with Crippen molar-refractivity contribution in [2.75, 3.05) is 18.6 Å². The molecule has 96 valence electrons. The van der Waals surface area contributed by atoms with Gasteiger partial charge in [-0.05, 0) is 26.0 Å². The number of rotatable bonds is 6. The molecule has 17 heavy (non-hydrogen) atoms. The number of nitrogens with one attached hydrogen (secondary N) is 1. The molecule has 0 saturated heterocycles. The van der Waals surface area contributed by atoms with Crippen molar-refractivity contribution in [1.29, 1.82) is 0 Å². The van der Waals surface area contributed by atoms with E-state index in [-0.39, 0.29) is 17.5 Å². The molecule has 1 unspecified atom stereocenters. The summed E-state index contributed by atoms with van der Waals surface area (Å²) in [7, 11) is -2.88. The second kappa shape index (κ2) is 6.02. The van der Waals surface area contributed by atoms with E-state index >= 15 is 0 Å². The van der Waals surface area contributed by atoms with Crippen molar-refractivity contribution in [3.63, 3.8) is 0 Å². The van der Waals surface area contributed by atoms with Crippen LogP contribution in [0.5, 0.6) is 5.75 Å². The molecular weight excluding hydrogens is 238 g/mol. The van der Waals surface area contributed by atoms with E-state index in [0.717, 1.165) is 5.56 Å². The van der Waals surface area contributed by atoms with Crippen molar-refractivity contribution < 1.29 is 13.5 Å². The summed E-state index contributed by atoms with van der Waals surface area (Å²) < 4.78 is 21.9. The van der Waals surface area contributed by atoms with E-state index in [0.29, 0.717) is 13.0 Å². The van der Waals surface area contributed by atoms with Gasteiger partial charge < -0.3 is 10.4 Å². The Morgan fingerprint density at radius 1 is 1.35 bits per heavy atom. The van der Waals surface area contributed by atoms with Crippen molar-refractivity contribution in [3.8, 4) is 5.75 Å². The Kier molecular flexibility index (Phi) is 4.96. The van der Waals surface area contributed by atoms with Crippen LogP contribution in [0.15, 0.2) is 24.3 Å². The first-order valence-corrected chi connectivity index (χ1v) is 7.65. The average molecular weight is 257 g/mol. The largest absolute Gasteiger partial charge is 0.508 e. The lowest BCUT2D eigenvalue weighted by Gasteiger charge is -2.15. The number of phenolic OH excluding ortho intramolecular Hbond substituents is 1. The Morgan fingerprint density at radius 3 is 2.59 bits per heavy atom. The third-order valence-corrected chi connectivity index (χ3v) is 3.58. The zero-order valence-electron chi connectivity index (χ0n) is 10.2. The second-order valence-corrected chi connectivity index (χ2v) is 6.48. The molecule has 0 spiro atoms. The van der Waals surface area contributed by atoms with Gasteiger partial charge in [-0.2, -0.15) is 0 Å². The molecule has 0 amide bonds. The van der Waals surface area contributed by atoms with Gasteiger partial charge in [-0.3, -0.25) is 0 Å². The molecule has 4 nitrogen and oxygen atoms in total. The Morgan fingerprint density at radius 2 is 2.00 bits per heavy atom. The van der Waals surface area contributed by atoms with E-state index in [1.807, 2.05) is 19.1 Å². The fourth-order valence-electron chi connectivity index (χ4n) is 1.62. The Balaban J connectivity index is 2.41. The van der Waals surface area contributed by atoms with Crippen molar-refractivity contribution in [2.24, 2.45) is 0 Å². The first kappa shape index (κ1) is 14.0. The molecule has 0 radical (unpaired) electrons. The molecule has 1 atom stereocenters. The van der Waals surface area contributed by atoms with E-state index in [4.69, 9.17) is 0 Å². The number of sulfone groups is 1. The monoisotopic (exact) mass is 257 g/mol. The number of aromatic hydroxyl groups is 1. The van der Waals surface area contributed by atoms with Crippen LogP contribution in [0.1, 0.15) is 24.9 Å². The van der Waals surface area contributed by atoms with Gasteiger partial charge in [0.2, 0.25) is 0 Å². The lowest BCUT2D eigenvalue weighted by Crippen LogP contribution is -2.21. The molecule has 0 aromatic heterocycles. The SMILES string of the molecule is CC(NCCCS(C)(=O)=O)c1ccccc1O. The first-order valence-electron chi connectivity index (χ1n) is 5.59. The molecule has 0 aliphatic carbocycles. The molecular formula is C12H19NO3S. The lowest BCUT2D eigenvalue weighted by atomic mass is 10.1. The number of hydrogen-bond donors (Lipinski definition) is 2. The molecule has 0 aliphatic rings.